The van der Waals surface area contributed by atoms with Crippen molar-refractivity contribution < 1.29 is 13.2 Å². The molecule has 0 saturated carbocycles. The molecule has 0 fully saturated rings. The average Bonchev–Trinajstić information content (AvgIpc) is 2.82. The van der Waals surface area contributed by atoms with E-state index in [1.54, 1.807) is 13.2 Å². The average molecular weight is 390 g/mol. The normalized spacial score (nSPS) is 20.6. The molecule has 0 aromatic heterocycles. The van der Waals surface area contributed by atoms with Gasteiger partial charge in [-0.15, -0.1) is 0 Å². The summed E-state index contributed by atoms with van der Waals surface area (Å²) in [6, 6.07) is 17.3. The van der Waals surface area contributed by atoms with Gasteiger partial charge < -0.3 is 10.1 Å². The van der Waals surface area contributed by atoms with Crippen molar-refractivity contribution in [3.05, 3.63) is 60.2 Å². The first kappa shape index (κ1) is 21.5. The molecule has 1 heterocycles. The Morgan fingerprint density at radius 2 is 1.70 bits per heavy atom. The summed E-state index contributed by atoms with van der Waals surface area (Å²) >= 11 is 0. The summed E-state index contributed by atoms with van der Waals surface area (Å²) in [6.45, 7) is 4.79. The summed E-state index contributed by atoms with van der Waals surface area (Å²) in [5.41, 5.74) is 0.517. The maximum absolute atomic E-state index is 12.8. The first-order valence-corrected chi connectivity index (χ1v) is 11.3. The molecule has 0 unspecified atom stereocenters. The first-order valence-electron chi connectivity index (χ1n) is 9.61. The highest BCUT2D eigenvalue weighted by Crippen LogP contribution is 2.32. The van der Waals surface area contributed by atoms with E-state index in [9.17, 15) is 8.42 Å². The van der Waals surface area contributed by atoms with E-state index >= 15 is 0 Å². The molecule has 3 rings (SSSR count). The Kier molecular flexibility index (Phi) is 7.87. The fraction of sp³-hybridized carbons (Fsp3) is 0.455. The van der Waals surface area contributed by atoms with Crippen molar-refractivity contribution in [2.45, 2.75) is 56.5 Å². The van der Waals surface area contributed by atoms with Crippen molar-refractivity contribution in [2.24, 2.45) is 0 Å². The third kappa shape index (κ3) is 5.81. The van der Waals surface area contributed by atoms with Gasteiger partial charge in [0.1, 0.15) is 5.75 Å². The van der Waals surface area contributed by atoms with Crippen molar-refractivity contribution >= 4 is 9.84 Å². The molecule has 1 aliphatic rings. The van der Waals surface area contributed by atoms with Gasteiger partial charge in [-0.2, -0.15) is 0 Å². The number of fused-ring (bicyclic) bond motifs is 1. The highest BCUT2D eigenvalue weighted by atomic mass is 32.2. The predicted molar refractivity (Wildman–Crippen MR) is 111 cm³/mol. The molecule has 1 atom stereocenters. The van der Waals surface area contributed by atoms with E-state index < -0.39 is 9.84 Å². The van der Waals surface area contributed by atoms with E-state index in [1.807, 2.05) is 48.5 Å². The number of hydrogen-bond donors (Lipinski definition) is 1. The van der Waals surface area contributed by atoms with Gasteiger partial charge in [-0.25, -0.2) is 8.42 Å². The van der Waals surface area contributed by atoms with E-state index in [-0.39, 0.29) is 11.3 Å². The van der Waals surface area contributed by atoms with Gasteiger partial charge in [0.25, 0.3) is 0 Å². The lowest BCUT2D eigenvalue weighted by atomic mass is 9.91. The Labute approximate surface area is 163 Å². The smallest absolute Gasteiger partial charge is 0.180 e. The molecule has 1 aliphatic heterocycles. The number of sulfone groups is 1. The number of hydrogen-bond acceptors (Lipinski definition) is 4. The second-order valence-electron chi connectivity index (χ2n) is 6.98. The molecule has 148 valence electrons. The Morgan fingerprint density at radius 3 is 2.22 bits per heavy atom. The van der Waals surface area contributed by atoms with Crippen LogP contribution in [0.15, 0.2) is 59.5 Å². The van der Waals surface area contributed by atoms with Crippen LogP contribution in [0.4, 0.5) is 0 Å². The van der Waals surface area contributed by atoms with Gasteiger partial charge in [-0.1, -0.05) is 69.2 Å². The molecular formula is C22H31NO3S. The molecule has 2 aromatic rings. The van der Waals surface area contributed by atoms with Gasteiger partial charge in [-0.3, -0.25) is 0 Å². The molecule has 0 radical (unpaired) electrons. The summed E-state index contributed by atoms with van der Waals surface area (Å²) in [5, 5.41) is 3.51. The summed E-state index contributed by atoms with van der Waals surface area (Å²) < 4.78 is 30.8. The van der Waals surface area contributed by atoms with Crippen LogP contribution in [0.1, 0.15) is 45.1 Å². The first-order chi connectivity index (χ1) is 13.0. The minimum absolute atomic E-state index is 0.163. The van der Waals surface area contributed by atoms with Gasteiger partial charge in [0.2, 0.25) is 0 Å². The van der Waals surface area contributed by atoms with E-state index in [2.05, 4.69) is 19.2 Å². The Morgan fingerprint density at radius 1 is 1.07 bits per heavy atom. The molecule has 4 nitrogen and oxygen atoms in total. The zero-order valence-corrected chi connectivity index (χ0v) is 17.4. The molecular weight excluding hydrogens is 358 g/mol. The van der Waals surface area contributed by atoms with Crippen LogP contribution >= 0.6 is 0 Å². The highest BCUT2D eigenvalue weighted by molar-refractivity contribution is 7.91. The third-order valence-electron chi connectivity index (χ3n) is 5.08. The number of rotatable bonds is 5. The van der Waals surface area contributed by atoms with Crippen molar-refractivity contribution in [1.82, 2.24) is 5.32 Å². The predicted octanol–water partition coefficient (Wildman–Crippen LogP) is 4.60. The number of nitrogens with one attached hydrogen (secondary N) is 1. The van der Waals surface area contributed by atoms with Crippen LogP contribution in [0.3, 0.4) is 0 Å². The fourth-order valence-electron chi connectivity index (χ4n) is 3.34. The molecule has 0 saturated heterocycles. The Balaban J connectivity index is 0.000000369. The Bertz CT molecular complexity index is 779. The van der Waals surface area contributed by atoms with Gasteiger partial charge in [0, 0.05) is 12.1 Å². The molecule has 2 aromatic carbocycles. The van der Waals surface area contributed by atoms with Crippen LogP contribution in [-0.2, 0) is 16.4 Å². The van der Waals surface area contributed by atoms with Crippen LogP contribution in [0.25, 0.3) is 0 Å². The Hall–Kier alpha value is -1.85. The van der Waals surface area contributed by atoms with Crippen LogP contribution in [-0.4, -0.2) is 26.8 Å². The topological polar surface area (TPSA) is 55.4 Å². The molecule has 0 spiro atoms. The van der Waals surface area contributed by atoms with Crippen molar-refractivity contribution in [1.29, 1.82) is 0 Å². The lowest BCUT2D eigenvalue weighted by Gasteiger charge is -2.32. The van der Waals surface area contributed by atoms with Crippen molar-refractivity contribution in [3.8, 4) is 5.75 Å². The maximum atomic E-state index is 12.8. The zero-order chi connectivity index (χ0) is 19.8. The second kappa shape index (κ2) is 9.90. The van der Waals surface area contributed by atoms with E-state index in [1.165, 1.54) is 0 Å². The molecule has 0 bridgehead atoms. The maximum Gasteiger partial charge on any atom is 0.180 e. The van der Waals surface area contributed by atoms with Crippen LogP contribution in [0.2, 0.25) is 0 Å². The summed E-state index contributed by atoms with van der Waals surface area (Å²) in [7, 11) is -1.75. The number of ether oxygens (including phenoxy) is 1. The third-order valence-corrected chi connectivity index (χ3v) is 7.06. The largest absolute Gasteiger partial charge is 0.497 e. The number of unbranched alkanes of at least 4 members (excludes halogenated alkanes) is 1. The fourth-order valence-corrected chi connectivity index (χ4v) is 5.51. The SMILES string of the molecule is CCCC[C@]1(CC)CS(=O)(=O)c2cc(OC)ccc2CN1.c1ccccc1. The minimum atomic E-state index is -3.30. The number of methoxy groups -OCH3 is 1. The van der Waals surface area contributed by atoms with E-state index in [4.69, 9.17) is 4.74 Å². The van der Waals surface area contributed by atoms with Crippen LogP contribution in [0, 0.1) is 0 Å². The highest BCUT2D eigenvalue weighted by Gasteiger charge is 2.37. The van der Waals surface area contributed by atoms with Gasteiger partial charge in [-0.05, 0) is 30.5 Å². The molecule has 1 N–H and O–H groups in total. The summed E-state index contributed by atoms with van der Waals surface area (Å²) in [6.07, 6.45) is 3.82. The van der Waals surface area contributed by atoms with Crippen LogP contribution < -0.4 is 10.1 Å². The lowest BCUT2D eigenvalue weighted by molar-refractivity contribution is 0.313. The van der Waals surface area contributed by atoms with E-state index in [0.29, 0.717) is 17.2 Å². The molecule has 0 aliphatic carbocycles. The number of benzene rings is 2. The van der Waals surface area contributed by atoms with Crippen molar-refractivity contribution in [2.75, 3.05) is 12.9 Å². The van der Waals surface area contributed by atoms with Crippen molar-refractivity contribution in [3.63, 3.8) is 0 Å². The van der Waals surface area contributed by atoms with Gasteiger partial charge in [0.15, 0.2) is 9.84 Å². The molecule has 5 heteroatoms. The zero-order valence-electron chi connectivity index (χ0n) is 16.6. The monoisotopic (exact) mass is 389 g/mol. The summed E-state index contributed by atoms with van der Waals surface area (Å²) in [4.78, 5) is 0.418. The van der Waals surface area contributed by atoms with Crippen LogP contribution in [0.5, 0.6) is 5.75 Å². The molecule has 0 amide bonds. The molecule has 27 heavy (non-hydrogen) atoms. The van der Waals surface area contributed by atoms with Gasteiger partial charge >= 0.3 is 0 Å². The minimum Gasteiger partial charge on any atom is -0.497 e. The quantitative estimate of drug-likeness (QED) is 0.812. The standard InChI is InChI=1S/C16H25NO3S.C6H6/c1-4-6-9-16(5-2)12-21(18,19)15-10-14(20-3)8-7-13(15)11-17-16;1-2-4-6-5-3-1/h7-8,10,17H,4-6,9,11-12H2,1-3H3;1-6H/t16-;/m1./s1. The summed E-state index contributed by atoms with van der Waals surface area (Å²) in [5.74, 6) is 0.756. The van der Waals surface area contributed by atoms with Gasteiger partial charge in [0.05, 0.1) is 17.8 Å². The lowest BCUT2D eigenvalue weighted by Crippen LogP contribution is -2.48. The van der Waals surface area contributed by atoms with E-state index in [0.717, 1.165) is 31.2 Å². The second-order valence-corrected chi connectivity index (χ2v) is 8.94.